The molecule has 1 atom stereocenters. The van der Waals surface area contributed by atoms with Crippen molar-refractivity contribution in [1.29, 1.82) is 0 Å². The lowest BCUT2D eigenvalue weighted by Gasteiger charge is -2.25. The summed E-state index contributed by atoms with van der Waals surface area (Å²) in [5.41, 5.74) is 2.49. The van der Waals surface area contributed by atoms with E-state index in [1.54, 1.807) is 23.1 Å². The summed E-state index contributed by atoms with van der Waals surface area (Å²) in [4.78, 5) is 14.4. The monoisotopic (exact) mass is 283 g/mol. The molecular weight excluding hydrogens is 265 g/mol. The van der Waals surface area contributed by atoms with Crippen LogP contribution >= 0.6 is 0 Å². The van der Waals surface area contributed by atoms with Gasteiger partial charge in [0.05, 0.1) is 11.6 Å². The third-order valence-electron chi connectivity index (χ3n) is 4.08. The van der Waals surface area contributed by atoms with E-state index in [1.807, 2.05) is 6.92 Å². The van der Waals surface area contributed by atoms with Crippen molar-refractivity contribution in [2.75, 3.05) is 6.54 Å². The maximum absolute atomic E-state index is 13.8. The fourth-order valence-electron chi connectivity index (χ4n) is 2.93. The van der Waals surface area contributed by atoms with Crippen molar-refractivity contribution in [3.8, 4) is 0 Å². The van der Waals surface area contributed by atoms with Crippen LogP contribution in [0.2, 0.25) is 0 Å². The molecule has 3 heteroatoms. The Labute approximate surface area is 124 Å². The molecule has 0 spiro atoms. The van der Waals surface area contributed by atoms with Crippen LogP contribution in [0.1, 0.15) is 40.4 Å². The number of hydrogen-bond donors (Lipinski definition) is 0. The maximum Gasteiger partial charge on any atom is 0.257 e. The molecule has 1 saturated heterocycles. The number of carbonyl (C=O) groups is 1. The van der Waals surface area contributed by atoms with E-state index in [9.17, 15) is 9.18 Å². The maximum atomic E-state index is 13.8. The van der Waals surface area contributed by atoms with Crippen LogP contribution in [0.5, 0.6) is 0 Å². The Kier molecular flexibility index (Phi) is 3.74. The van der Waals surface area contributed by atoms with E-state index >= 15 is 0 Å². The Hall–Kier alpha value is -2.16. The Balaban J connectivity index is 1.89. The minimum atomic E-state index is -0.447. The van der Waals surface area contributed by atoms with Crippen LogP contribution in [-0.4, -0.2) is 17.4 Å². The Bertz CT molecular complexity index is 651. The second-order valence-electron chi connectivity index (χ2n) is 5.55. The number of benzene rings is 2. The van der Waals surface area contributed by atoms with Gasteiger partial charge in [-0.3, -0.25) is 4.79 Å². The van der Waals surface area contributed by atoms with Crippen molar-refractivity contribution in [2.45, 2.75) is 25.8 Å². The molecule has 1 amide bonds. The van der Waals surface area contributed by atoms with Crippen LogP contribution < -0.4 is 0 Å². The van der Waals surface area contributed by atoms with Crippen LogP contribution in [0.4, 0.5) is 4.39 Å². The summed E-state index contributed by atoms with van der Waals surface area (Å²) >= 11 is 0. The molecule has 2 aromatic rings. The van der Waals surface area contributed by atoms with Crippen molar-refractivity contribution in [3.63, 3.8) is 0 Å². The zero-order valence-electron chi connectivity index (χ0n) is 12.1. The van der Waals surface area contributed by atoms with E-state index < -0.39 is 5.82 Å². The number of halogens is 1. The predicted octanol–water partition coefficient (Wildman–Crippen LogP) is 4.11. The summed E-state index contributed by atoms with van der Waals surface area (Å²) in [6, 6.07) is 14.5. The lowest BCUT2D eigenvalue weighted by Crippen LogP contribution is -2.31. The van der Waals surface area contributed by atoms with Gasteiger partial charge in [0, 0.05) is 6.54 Å². The van der Waals surface area contributed by atoms with Gasteiger partial charge in [0.15, 0.2) is 0 Å². The number of amides is 1. The molecule has 0 N–H and O–H groups in total. The number of rotatable bonds is 2. The molecule has 2 aromatic carbocycles. The van der Waals surface area contributed by atoms with Gasteiger partial charge in [-0.05, 0) is 37.5 Å². The summed E-state index contributed by atoms with van der Waals surface area (Å²) in [7, 11) is 0. The molecule has 0 aromatic heterocycles. The van der Waals surface area contributed by atoms with Crippen LogP contribution in [-0.2, 0) is 0 Å². The molecule has 1 aliphatic heterocycles. The highest BCUT2D eigenvalue weighted by atomic mass is 19.1. The van der Waals surface area contributed by atoms with Crippen molar-refractivity contribution in [3.05, 3.63) is 71.0 Å². The third-order valence-corrected chi connectivity index (χ3v) is 4.08. The van der Waals surface area contributed by atoms with Gasteiger partial charge < -0.3 is 4.90 Å². The molecule has 108 valence electrons. The summed E-state index contributed by atoms with van der Waals surface area (Å²) in [6.07, 6.45) is 1.89. The molecule has 1 unspecified atom stereocenters. The lowest BCUT2D eigenvalue weighted by molar-refractivity contribution is 0.0731. The quantitative estimate of drug-likeness (QED) is 0.812. The van der Waals surface area contributed by atoms with Gasteiger partial charge in [-0.2, -0.15) is 0 Å². The summed E-state index contributed by atoms with van der Waals surface area (Å²) in [5.74, 6) is -0.659. The first kappa shape index (κ1) is 13.8. The number of carbonyl (C=O) groups excluding carboxylic acids is 1. The molecular formula is C18H18FNO. The SMILES string of the molecule is Cc1ccc(C2CCCN2C(=O)c2ccccc2F)cc1. The average Bonchev–Trinajstić information content (AvgIpc) is 2.97. The van der Waals surface area contributed by atoms with Crippen LogP contribution in [0, 0.1) is 12.7 Å². The molecule has 1 fully saturated rings. The molecule has 21 heavy (non-hydrogen) atoms. The second-order valence-corrected chi connectivity index (χ2v) is 5.55. The first-order chi connectivity index (χ1) is 10.2. The first-order valence-corrected chi connectivity index (χ1v) is 7.29. The van der Waals surface area contributed by atoms with Crippen LogP contribution in [0.3, 0.4) is 0 Å². The highest BCUT2D eigenvalue weighted by Gasteiger charge is 2.31. The van der Waals surface area contributed by atoms with E-state index in [4.69, 9.17) is 0 Å². The lowest BCUT2D eigenvalue weighted by atomic mass is 10.0. The standard InChI is InChI=1S/C18H18FNO/c1-13-8-10-14(11-9-13)17-7-4-12-20(17)18(21)15-5-2-3-6-16(15)19/h2-3,5-6,8-11,17H,4,7,12H2,1H3. The highest BCUT2D eigenvalue weighted by molar-refractivity contribution is 5.95. The Morgan fingerprint density at radius 1 is 1.14 bits per heavy atom. The van der Waals surface area contributed by atoms with Crippen LogP contribution in [0.25, 0.3) is 0 Å². The van der Waals surface area contributed by atoms with Gasteiger partial charge in [-0.15, -0.1) is 0 Å². The van der Waals surface area contributed by atoms with Gasteiger partial charge in [-0.25, -0.2) is 4.39 Å². The van der Waals surface area contributed by atoms with Crippen LogP contribution in [0.15, 0.2) is 48.5 Å². The summed E-state index contributed by atoms with van der Waals surface area (Å²) in [6.45, 7) is 2.73. The predicted molar refractivity (Wildman–Crippen MR) is 80.6 cm³/mol. The molecule has 0 radical (unpaired) electrons. The molecule has 0 bridgehead atoms. The van der Waals surface area contributed by atoms with Gasteiger partial charge in [-0.1, -0.05) is 42.0 Å². The Morgan fingerprint density at radius 2 is 1.86 bits per heavy atom. The summed E-state index contributed by atoms with van der Waals surface area (Å²) < 4.78 is 13.8. The van der Waals surface area contributed by atoms with E-state index in [0.717, 1.165) is 18.4 Å². The number of aryl methyl sites for hydroxylation is 1. The molecule has 3 rings (SSSR count). The van der Waals surface area contributed by atoms with E-state index in [-0.39, 0.29) is 17.5 Å². The van der Waals surface area contributed by atoms with Crippen molar-refractivity contribution < 1.29 is 9.18 Å². The number of hydrogen-bond acceptors (Lipinski definition) is 1. The largest absolute Gasteiger partial charge is 0.332 e. The fraction of sp³-hybridized carbons (Fsp3) is 0.278. The third kappa shape index (κ3) is 2.68. The number of likely N-dealkylation sites (tertiary alicyclic amines) is 1. The molecule has 0 aliphatic carbocycles. The van der Waals surface area contributed by atoms with Gasteiger partial charge in [0.25, 0.3) is 5.91 Å². The minimum Gasteiger partial charge on any atom is -0.332 e. The smallest absolute Gasteiger partial charge is 0.257 e. The zero-order valence-corrected chi connectivity index (χ0v) is 12.1. The first-order valence-electron chi connectivity index (χ1n) is 7.29. The van der Waals surface area contributed by atoms with Gasteiger partial charge in [0.2, 0.25) is 0 Å². The van der Waals surface area contributed by atoms with Gasteiger partial charge >= 0.3 is 0 Å². The summed E-state index contributed by atoms with van der Waals surface area (Å²) in [5, 5.41) is 0. The second kappa shape index (κ2) is 5.68. The molecule has 0 saturated carbocycles. The minimum absolute atomic E-state index is 0.0534. The van der Waals surface area contributed by atoms with Gasteiger partial charge in [0.1, 0.15) is 5.82 Å². The van der Waals surface area contributed by atoms with E-state index in [2.05, 4.69) is 24.3 Å². The zero-order chi connectivity index (χ0) is 14.8. The topological polar surface area (TPSA) is 20.3 Å². The van der Waals surface area contributed by atoms with Crippen molar-refractivity contribution in [2.24, 2.45) is 0 Å². The normalized spacial score (nSPS) is 18.0. The van der Waals surface area contributed by atoms with Crippen molar-refractivity contribution in [1.82, 2.24) is 4.90 Å². The fourth-order valence-corrected chi connectivity index (χ4v) is 2.93. The molecule has 1 heterocycles. The number of nitrogens with zero attached hydrogens (tertiary/aromatic N) is 1. The van der Waals surface area contributed by atoms with E-state index in [1.165, 1.54) is 11.6 Å². The highest BCUT2D eigenvalue weighted by Crippen LogP contribution is 2.33. The molecule has 2 nitrogen and oxygen atoms in total. The average molecular weight is 283 g/mol. The van der Waals surface area contributed by atoms with Crippen molar-refractivity contribution >= 4 is 5.91 Å². The molecule has 1 aliphatic rings. The Morgan fingerprint density at radius 3 is 2.57 bits per heavy atom. The van der Waals surface area contributed by atoms with E-state index in [0.29, 0.717) is 6.54 Å².